The Morgan fingerprint density at radius 3 is 2.43 bits per heavy atom. The minimum absolute atomic E-state index is 0.0281. The summed E-state index contributed by atoms with van der Waals surface area (Å²) in [5.74, 6) is 3.03. The second-order valence-electron chi connectivity index (χ2n) is 7.05. The molecule has 0 spiro atoms. The van der Waals surface area contributed by atoms with Crippen molar-refractivity contribution in [2.45, 2.75) is 12.3 Å². The standard InChI is InChI=1S/C22H23N3O5/c1-27-17-8-15(9-18(11-17)28-2)22(26)25-12-16(13-25)21-23-20(24-30-21)10-14-6-4-5-7-19(14)29-3/h4-9,11,16H,10,12-13H2,1-3H3. The zero-order valence-electron chi connectivity index (χ0n) is 17.1. The Hall–Kier alpha value is -3.55. The van der Waals surface area contributed by atoms with Crippen LogP contribution in [0.15, 0.2) is 47.0 Å². The van der Waals surface area contributed by atoms with Crippen LogP contribution in [-0.2, 0) is 6.42 Å². The second kappa shape index (κ2) is 8.44. The number of carbonyl (C=O) groups excluding carboxylic acids is 1. The third-order valence-corrected chi connectivity index (χ3v) is 5.14. The molecule has 2 aromatic carbocycles. The lowest BCUT2D eigenvalue weighted by Gasteiger charge is -2.37. The van der Waals surface area contributed by atoms with Crippen LogP contribution in [0.5, 0.6) is 17.2 Å². The first-order valence-electron chi connectivity index (χ1n) is 9.58. The van der Waals surface area contributed by atoms with Crippen molar-refractivity contribution in [2.75, 3.05) is 34.4 Å². The molecule has 1 amide bonds. The van der Waals surface area contributed by atoms with Crippen LogP contribution in [0.1, 0.15) is 33.6 Å². The van der Waals surface area contributed by atoms with Crippen LogP contribution >= 0.6 is 0 Å². The molecule has 30 heavy (non-hydrogen) atoms. The molecule has 1 aliphatic rings. The highest BCUT2D eigenvalue weighted by Gasteiger charge is 2.36. The summed E-state index contributed by atoms with van der Waals surface area (Å²) < 4.78 is 21.3. The molecule has 1 fully saturated rings. The first-order chi connectivity index (χ1) is 14.6. The van der Waals surface area contributed by atoms with Gasteiger partial charge in [-0.05, 0) is 18.2 Å². The number of hydrogen-bond donors (Lipinski definition) is 0. The van der Waals surface area contributed by atoms with E-state index in [0.29, 0.717) is 48.3 Å². The first kappa shape index (κ1) is 19.8. The average Bonchev–Trinajstić information content (AvgIpc) is 3.20. The number of methoxy groups -OCH3 is 3. The third-order valence-electron chi connectivity index (χ3n) is 5.14. The molecular weight excluding hydrogens is 386 g/mol. The lowest BCUT2D eigenvalue weighted by molar-refractivity contribution is 0.0568. The molecule has 0 saturated carbocycles. The molecule has 1 aromatic heterocycles. The average molecular weight is 409 g/mol. The van der Waals surface area contributed by atoms with E-state index in [-0.39, 0.29) is 11.8 Å². The van der Waals surface area contributed by atoms with E-state index >= 15 is 0 Å². The van der Waals surface area contributed by atoms with Crippen LogP contribution in [0, 0.1) is 0 Å². The Labute approximate surface area is 174 Å². The number of nitrogens with zero attached hydrogens (tertiary/aromatic N) is 3. The van der Waals surface area contributed by atoms with E-state index in [9.17, 15) is 4.79 Å². The summed E-state index contributed by atoms with van der Waals surface area (Å²) >= 11 is 0. The van der Waals surface area contributed by atoms with Gasteiger partial charge in [0.25, 0.3) is 5.91 Å². The molecule has 0 bridgehead atoms. The molecule has 4 rings (SSSR count). The first-order valence-corrected chi connectivity index (χ1v) is 9.58. The van der Waals surface area contributed by atoms with Crippen molar-refractivity contribution < 1.29 is 23.5 Å². The number of aromatic nitrogens is 2. The van der Waals surface area contributed by atoms with Crippen molar-refractivity contribution in [3.05, 3.63) is 65.3 Å². The minimum Gasteiger partial charge on any atom is -0.497 e. The molecule has 3 aromatic rings. The molecular formula is C22H23N3O5. The van der Waals surface area contributed by atoms with Crippen LogP contribution in [0.2, 0.25) is 0 Å². The van der Waals surface area contributed by atoms with Crippen LogP contribution < -0.4 is 14.2 Å². The number of likely N-dealkylation sites (tertiary alicyclic amines) is 1. The van der Waals surface area contributed by atoms with E-state index in [1.807, 2.05) is 24.3 Å². The number of para-hydroxylation sites is 1. The molecule has 1 aliphatic heterocycles. The molecule has 0 radical (unpaired) electrons. The number of carbonyl (C=O) groups is 1. The highest BCUT2D eigenvalue weighted by Crippen LogP contribution is 2.30. The Bertz CT molecular complexity index is 1020. The maximum atomic E-state index is 12.8. The molecule has 0 aliphatic carbocycles. The number of benzene rings is 2. The van der Waals surface area contributed by atoms with Gasteiger partial charge in [-0.2, -0.15) is 4.98 Å². The normalized spacial score (nSPS) is 13.6. The summed E-state index contributed by atoms with van der Waals surface area (Å²) in [5.41, 5.74) is 1.51. The van der Waals surface area contributed by atoms with Crippen molar-refractivity contribution in [3.8, 4) is 17.2 Å². The van der Waals surface area contributed by atoms with Gasteiger partial charge in [-0.3, -0.25) is 4.79 Å². The Morgan fingerprint density at radius 2 is 1.77 bits per heavy atom. The van der Waals surface area contributed by atoms with Crippen molar-refractivity contribution in [3.63, 3.8) is 0 Å². The van der Waals surface area contributed by atoms with E-state index in [1.54, 1.807) is 44.4 Å². The van der Waals surface area contributed by atoms with Crippen molar-refractivity contribution in [1.29, 1.82) is 0 Å². The summed E-state index contributed by atoms with van der Waals surface area (Å²) in [7, 11) is 4.75. The Morgan fingerprint density at radius 1 is 1.07 bits per heavy atom. The lowest BCUT2D eigenvalue weighted by atomic mass is 9.98. The monoisotopic (exact) mass is 409 g/mol. The van der Waals surface area contributed by atoms with Gasteiger partial charge in [0.15, 0.2) is 5.82 Å². The van der Waals surface area contributed by atoms with E-state index in [1.165, 1.54) is 0 Å². The van der Waals surface area contributed by atoms with Gasteiger partial charge in [0.05, 0.1) is 27.2 Å². The van der Waals surface area contributed by atoms with Crippen molar-refractivity contribution in [1.82, 2.24) is 15.0 Å². The Kier molecular flexibility index (Phi) is 5.56. The van der Waals surface area contributed by atoms with Crippen LogP contribution in [0.25, 0.3) is 0 Å². The molecule has 8 heteroatoms. The lowest BCUT2D eigenvalue weighted by Crippen LogP contribution is -2.48. The van der Waals surface area contributed by atoms with E-state index in [2.05, 4.69) is 10.1 Å². The van der Waals surface area contributed by atoms with Gasteiger partial charge in [-0.15, -0.1) is 0 Å². The quantitative estimate of drug-likeness (QED) is 0.593. The van der Waals surface area contributed by atoms with Gasteiger partial charge < -0.3 is 23.6 Å². The van der Waals surface area contributed by atoms with Crippen molar-refractivity contribution >= 4 is 5.91 Å². The summed E-state index contributed by atoms with van der Waals surface area (Å²) in [5, 5.41) is 4.09. The summed E-state index contributed by atoms with van der Waals surface area (Å²) in [6.07, 6.45) is 0.520. The van der Waals surface area contributed by atoms with E-state index in [4.69, 9.17) is 18.7 Å². The van der Waals surface area contributed by atoms with Crippen LogP contribution in [0.3, 0.4) is 0 Å². The van der Waals surface area contributed by atoms with Crippen LogP contribution in [-0.4, -0.2) is 55.4 Å². The molecule has 8 nitrogen and oxygen atoms in total. The fourth-order valence-corrected chi connectivity index (χ4v) is 3.44. The maximum Gasteiger partial charge on any atom is 0.254 e. The molecule has 0 N–H and O–H groups in total. The van der Waals surface area contributed by atoms with Gasteiger partial charge in [-0.1, -0.05) is 23.4 Å². The summed E-state index contributed by atoms with van der Waals surface area (Å²) in [4.78, 5) is 19.0. The predicted octanol–water partition coefficient (Wildman–Crippen LogP) is 2.93. The Balaban J connectivity index is 1.40. The maximum absolute atomic E-state index is 12.8. The molecule has 0 atom stereocenters. The highest BCUT2D eigenvalue weighted by molar-refractivity contribution is 5.95. The zero-order valence-corrected chi connectivity index (χ0v) is 17.1. The fourth-order valence-electron chi connectivity index (χ4n) is 3.44. The van der Waals surface area contributed by atoms with E-state index < -0.39 is 0 Å². The number of rotatable bonds is 7. The third kappa shape index (κ3) is 3.94. The fraction of sp³-hybridized carbons (Fsp3) is 0.318. The minimum atomic E-state index is -0.0859. The topological polar surface area (TPSA) is 86.9 Å². The van der Waals surface area contributed by atoms with E-state index in [0.717, 1.165) is 11.3 Å². The SMILES string of the molecule is COc1cc(OC)cc(C(=O)N2CC(c3nc(Cc4ccccc4OC)no3)C2)c1. The second-order valence-corrected chi connectivity index (χ2v) is 7.05. The molecule has 156 valence electrons. The number of amides is 1. The summed E-state index contributed by atoms with van der Waals surface area (Å²) in [6, 6.07) is 12.9. The molecule has 1 saturated heterocycles. The number of ether oxygens (including phenoxy) is 3. The van der Waals surface area contributed by atoms with Gasteiger partial charge in [0.2, 0.25) is 5.89 Å². The molecule has 2 heterocycles. The highest BCUT2D eigenvalue weighted by atomic mass is 16.5. The van der Waals surface area contributed by atoms with Gasteiger partial charge >= 0.3 is 0 Å². The smallest absolute Gasteiger partial charge is 0.254 e. The largest absolute Gasteiger partial charge is 0.497 e. The van der Waals surface area contributed by atoms with Crippen molar-refractivity contribution in [2.24, 2.45) is 0 Å². The van der Waals surface area contributed by atoms with Gasteiger partial charge in [0.1, 0.15) is 17.2 Å². The summed E-state index contributed by atoms with van der Waals surface area (Å²) in [6.45, 7) is 1.04. The van der Waals surface area contributed by atoms with Gasteiger partial charge in [0, 0.05) is 36.7 Å². The molecule has 0 unspecified atom stereocenters. The van der Waals surface area contributed by atoms with Gasteiger partial charge in [-0.25, -0.2) is 0 Å². The predicted molar refractivity (Wildman–Crippen MR) is 108 cm³/mol. The number of hydrogen-bond acceptors (Lipinski definition) is 7. The zero-order chi connectivity index (χ0) is 21.1. The van der Waals surface area contributed by atoms with Crippen LogP contribution in [0.4, 0.5) is 0 Å².